The summed E-state index contributed by atoms with van der Waals surface area (Å²) in [6, 6.07) is 17.8. The molecule has 0 bridgehead atoms. The van der Waals surface area contributed by atoms with Crippen LogP contribution in [0.2, 0.25) is 10.2 Å². The molecule has 0 atom stereocenters. The van der Waals surface area contributed by atoms with E-state index in [0.29, 0.717) is 23.1 Å². The summed E-state index contributed by atoms with van der Waals surface area (Å²) in [4.78, 5) is 13.0. The van der Waals surface area contributed by atoms with E-state index in [-0.39, 0.29) is 5.15 Å². The summed E-state index contributed by atoms with van der Waals surface area (Å²) < 4.78 is 5.31. The van der Waals surface area contributed by atoms with Gasteiger partial charge >= 0.3 is 0 Å². The molecule has 1 N–H and O–H groups in total. The van der Waals surface area contributed by atoms with E-state index in [9.17, 15) is 0 Å². The van der Waals surface area contributed by atoms with Crippen LogP contribution in [0.25, 0.3) is 22.2 Å². The number of hydrogen-bond acceptors (Lipinski definition) is 5. The number of para-hydroxylation sites is 1. The molecule has 7 heteroatoms. The number of halogens is 2. The molecule has 0 aliphatic carbocycles. The molecule has 4 aromatic rings. The van der Waals surface area contributed by atoms with Gasteiger partial charge in [-0.15, -0.1) is 0 Å². The van der Waals surface area contributed by atoms with E-state index in [2.05, 4.69) is 21.4 Å². The van der Waals surface area contributed by atoms with Crippen LogP contribution in [0.3, 0.4) is 0 Å². The predicted molar refractivity (Wildman–Crippen MR) is 113 cm³/mol. The van der Waals surface area contributed by atoms with Gasteiger partial charge < -0.3 is 10.1 Å². The molecule has 5 nitrogen and oxygen atoms in total. The summed E-state index contributed by atoms with van der Waals surface area (Å²) >= 11 is 12.5. The second-order valence-corrected chi connectivity index (χ2v) is 6.84. The van der Waals surface area contributed by atoms with Gasteiger partial charge in [-0.1, -0.05) is 65.7 Å². The van der Waals surface area contributed by atoms with Crippen LogP contribution in [0.1, 0.15) is 5.56 Å². The Morgan fingerprint density at radius 3 is 2.61 bits per heavy atom. The molecule has 0 aliphatic rings. The average Bonchev–Trinajstić information content (AvgIpc) is 2.72. The summed E-state index contributed by atoms with van der Waals surface area (Å²) in [5, 5.41) is 5.13. The van der Waals surface area contributed by atoms with Crippen molar-refractivity contribution in [1.29, 1.82) is 0 Å². The fourth-order valence-electron chi connectivity index (χ4n) is 3.02. The van der Waals surface area contributed by atoms with Gasteiger partial charge in [0.25, 0.3) is 0 Å². The van der Waals surface area contributed by atoms with Gasteiger partial charge in [0.05, 0.1) is 23.3 Å². The monoisotopic (exact) mass is 410 g/mol. The van der Waals surface area contributed by atoms with Gasteiger partial charge in [0, 0.05) is 17.5 Å². The third-order valence-corrected chi connectivity index (χ3v) is 4.91. The standard InChI is InChI=1S/C21H16Cl2N4O/c1-28-19-20(23)25-12-26-21(19)24-11-15-10-14-8-5-9-16(22)18(14)27-17(15)13-6-3-2-4-7-13/h2-10,12H,11H2,1H3,(H,24,25,26). The average molecular weight is 411 g/mol. The Labute approximate surface area is 172 Å². The third kappa shape index (κ3) is 3.59. The van der Waals surface area contributed by atoms with Crippen molar-refractivity contribution in [3.8, 4) is 17.0 Å². The normalized spacial score (nSPS) is 10.8. The smallest absolute Gasteiger partial charge is 0.198 e. The van der Waals surface area contributed by atoms with Gasteiger partial charge in [0.2, 0.25) is 0 Å². The van der Waals surface area contributed by atoms with Gasteiger partial charge in [-0.05, 0) is 17.7 Å². The lowest BCUT2D eigenvalue weighted by atomic mass is 10.0. The van der Waals surface area contributed by atoms with Gasteiger partial charge in [0.15, 0.2) is 16.7 Å². The molecule has 0 unspecified atom stereocenters. The minimum atomic E-state index is 0.256. The molecule has 0 saturated carbocycles. The van der Waals surface area contributed by atoms with Gasteiger partial charge in [0.1, 0.15) is 6.33 Å². The SMILES string of the molecule is COc1c(Cl)ncnc1NCc1cc2cccc(Cl)c2nc1-c1ccccc1. The Morgan fingerprint density at radius 2 is 1.82 bits per heavy atom. The minimum Gasteiger partial charge on any atom is -0.490 e. The second-order valence-electron chi connectivity index (χ2n) is 6.07. The number of nitrogens with zero attached hydrogens (tertiary/aromatic N) is 3. The number of nitrogens with one attached hydrogen (secondary N) is 1. The van der Waals surface area contributed by atoms with Crippen molar-refractivity contribution in [2.24, 2.45) is 0 Å². The highest BCUT2D eigenvalue weighted by Gasteiger charge is 2.14. The van der Waals surface area contributed by atoms with E-state index in [4.69, 9.17) is 32.9 Å². The maximum Gasteiger partial charge on any atom is 0.198 e. The zero-order valence-electron chi connectivity index (χ0n) is 15.0. The van der Waals surface area contributed by atoms with E-state index in [1.807, 2.05) is 48.5 Å². The van der Waals surface area contributed by atoms with Crippen molar-refractivity contribution in [2.75, 3.05) is 12.4 Å². The van der Waals surface area contributed by atoms with Gasteiger partial charge in [-0.2, -0.15) is 0 Å². The molecule has 2 aromatic carbocycles. The lowest BCUT2D eigenvalue weighted by Crippen LogP contribution is -2.06. The summed E-state index contributed by atoms with van der Waals surface area (Å²) in [5.41, 5.74) is 3.63. The van der Waals surface area contributed by atoms with Crippen LogP contribution in [-0.2, 0) is 6.54 Å². The van der Waals surface area contributed by atoms with Crippen molar-refractivity contribution in [3.05, 3.63) is 76.7 Å². The number of ether oxygens (including phenoxy) is 1. The first kappa shape index (κ1) is 18.5. The number of benzene rings is 2. The molecule has 4 rings (SSSR count). The van der Waals surface area contributed by atoms with E-state index < -0.39 is 0 Å². The van der Waals surface area contributed by atoms with Crippen molar-refractivity contribution in [3.63, 3.8) is 0 Å². The maximum absolute atomic E-state index is 6.37. The first-order valence-corrected chi connectivity index (χ1v) is 9.35. The number of aromatic nitrogens is 3. The Kier molecular flexibility index (Phi) is 5.28. The van der Waals surface area contributed by atoms with Crippen molar-refractivity contribution in [1.82, 2.24) is 15.0 Å². The molecule has 0 saturated heterocycles. The number of pyridine rings is 1. The number of fused-ring (bicyclic) bond motifs is 1. The minimum absolute atomic E-state index is 0.256. The fourth-order valence-corrected chi connectivity index (χ4v) is 3.46. The Bertz CT molecular complexity index is 1140. The molecular formula is C21H16Cl2N4O. The van der Waals surface area contributed by atoms with Crippen molar-refractivity contribution < 1.29 is 4.74 Å². The lowest BCUT2D eigenvalue weighted by molar-refractivity contribution is 0.413. The quantitative estimate of drug-likeness (QED) is 0.432. The van der Waals surface area contributed by atoms with E-state index in [1.165, 1.54) is 13.4 Å². The molecule has 0 amide bonds. The van der Waals surface area contributed by atoms with Crippen LogP contribution >= 0.6 is 23.2 Å². The molecular weight excluding hydrogens is 395 g/mol. The molecule has 0 aliphatic heterocycles. The molecule has 2 aromatic heterocycles. The maximum atomic E-state index is 6.37. The molecule has 0 fully saturated rings. The summed E-state index contributed by atoms with van der Waals surface area (Å²) in [6.07, 6.45) is 1.39. The molecule has 0 radical (unpaired) electrons. The third-order valence-electron chi connectivity index (χ3n) is 4.33. The van der Waals surface area contributed by atoms with E-state index >= 15 is 0 Å². The Hall–Kier alpha value is -2.89. The molecule has 0 spiro atoms. The highest BCUT2D eigenvalue weighted by atomic mass is 35.5. The largest absolute Gasteiger partial charge is 0.490 e. The first-order valence-electron chi connectivity index (χ1n) is 8.59. The van der Waals surface area contributed by atoms with Crippen LogP contribution in [0.15, 0.2) is 60.9 Å². The van der Waals surface area contributed by atoms with Gasteiger partial charge in [-0.3, -0.25) is 0 Å². The highest BCUT2D eigenvalue weighted by molar-refractivity contribution is 6.35. The number of rotatable bonds is 5. The van der Waals surface area contributed by atoms with Crippen LogP contribution in [0.5, 0.6) is 5.75 Å². The lowest BCUT2D eigenvalue weighted by Gasteiger charge is -2.14. The first-order chi connectivity index (χ1) is 13.7. The zero-order valence-corrected chi connectivity index (χ0v) is 16.5. The second kappa shape index (κ2) is 8.00. The number of methoxy groups -OCH3 is 1. The molecule has 2 heterocycles. The zero-order chi connectivity index (χ0) is 19.5. The van der Waals surface area contributed by atoms with Crippen molar-refractivity contribution in [2.45, 2.75) is 6.54 Å². The predicted octanol–water partition coefficient (Wildman–Crippen LogP) is 5.62. The van der Waals surface area contributed by atoms with E-state index in [1.54, 1.807) is 0 Å². The molecule has 28 heavy (non-hydrogen) atoms. The van der Waals surface area contributed by atoms with Crippen LogP contribution in [0.4, 0.5) is 5.82 Å². The van der Waals surface area contributed by atoms with E-state index in [0.717, 1.165) is 27.7 Å². The van der Waals surface area contributed by atoms with Crippen molar-refractivity contribution >= 4 is 39.9 Å². The summed E-state index contributed by atoms with van der Waals surface area (Å²) in [5.74, 6) is 0.926. The van der Waals surface area contributed by atoms with Crippen LogP contribution in [-0.4, -0.2) is 22.1 Å². The highest BCUT2D eigenvalue weighted by Crippen LogP contribution is 2.32. The molecule has 140 valence electrons. The van der Waals surface area contributed by atoms with Gasteiger partial charge in [-0.25, -0.2) is 15.0 Å². The Balaban J connectivity index is 1.78. The summed E-state index contributed by atoms with van der Waals surface area (Å²) in [6.45, 7) is 0.476. The number of anilines is 1. The summed E-state index contributed by atoms with van der Waals surface area (Å²) in [7, 11) is 1.53. The van der Waals surface area contributed by atoms with Crippen LogP contribution in [0, 0.1) is 0 Å². The topological polar surface area (TPSA) is 59.9 Å². The number of hydrogen-bond donors (Lipinski definition) is 1. The fraction of sp³-hybridized carbons (Fsp3) is 0.0952. The van der Waals surface area contributed by atoms with Crippen LogP contribution < -0.4 is 10.1 Å². The Morgan fingerprint density at radius 1 is 1.00 bits per heavy atom.